The number of para-hydroxylation sites is 1. The molecular formula is C19H15NS. The SMILES string of the molecule is CC1C=c2c(sc3c2ccc2c4ccccc4[nH]c23)=CC1. The van der Waals surface area contributed by atoms with E-state index >= 15 is 0 Å². The van der Waals surface area contributed by atoms with Crippen molar-refractivity contribution >= 4 is 55.4 Å². The average molecular weight is 289 g/mol. The fraction of sp³-hybridized carbons (Fsp3) is 0.158. The summed E-state index contributed by atoms with van der Waals surface area (Å²) >= 11 is 1.93. The zero-order valence-electron chi connectivity index (χ0n) is 11.8. The number of rotatable bonds is 0. The Morgan fingerprint density at radius 3 is 2.86 bits per heavy atom. The number of nitrogens with one attached hydrogen (secondary N) is 1. The monoisotopic (exact) mass is 289 g/mol. The van der Waals surface area contributed by atoms with Crippen LogP contribution in [0.15, 0.2) is 36.4 Å². The van der Waals surface area contributed by atoms with Crippen molar-refractivity contribution in [3.05, 3.63) is 46.1 Å². The largest absolute Gasteiger partial charge is 0.353 e. The molecule has 0 fully saturated rings. The smallest absolute Gasteiger partial charge is 0.0646 e. The first-order chi connectivity index (χ1) is 10.3. The quantitative estimate of drug-likeness (QED) is 0.501. The number of hydrogen-bond donors (Lipinski definition) is 1. The molecule has 0 bridgehead atoms. The van der Waals surface area contributed by atoms with Crippen molar-refractivity contribution in [2.45, 2.75) is 13.3 Å². The minimum Gasteiger partial charge on any atom is -0.353 e. The highest BCUT2D eigenvalue weighted by Gasteiger charge is 2.12. The van der Waals surface area contributed by atoms with Gasteiger partial charge in [0.25, 0.3) is 0 Å². The molecule has 0 aliphatic heterocycles. The van der Waals surface area contributed by atoms with E-state index in [9.17, 15) is 0 Å². The van der Waals surface area contributed by atoms with Gasteiger partial charge in [-0.15, -0.1) is 11.3 Å². The van der Waals surface area contributed by atoms with Crippen LogP contribution in [0.3, 0.4) is 0 Å². The Morgan fingerprint density at radius 2 is 1.90 bits per heavy atom. The number of aromatic nitrogens is 1. The molecule has 1 N–H and O–H groups in total. The Morgan fingerprint density at radius 1 is 1.05 bits per heavy atom. The van der Waals surface area contributed by atoms with Gasteiger partial charge in [-0.3, -0.25) is 0 Å². The van der Waals surface area contributed by atoms with E-state index in [0.29, 0.717) is 5.92 Å². The molecule has 0 saturated heterocycles. The zero-order valence-corrected chi connectivity index (χ0v) is 12.6. The van der Waals surface area contributed by atoms with Crippen LogP contribution in [0.4, 0.5) is 0 Å². The molecule has 0 saturated carbocycles. The standard InChI is InChI=1S/C19H15NS/c1-11-6-9-17-15(10-11)14-8-7-13-12-4-2-3-5-16(12)20-18(13)19(14)21-17/h2-5,7-11,20H,6H2,1H3. The first-order valence-corrected chi connectivity index (χ1v) is 8.27. The topological polar surface area (TPSA) is 15.8 Å². The number of benzene rings is 2. The van der Waals surface area contributed by atoms with Gasteiger partial charge < -0.3 is 4.98 Å². The first-order valence-electron chi connectivity index (χ1n) is 7.45. The van der Waals surface area contributed by atoms with Gasteiger partial charge in [0.1, 0.15) is 0 Å². The second kappa shape index (κ2) is 3.99. The van der Waals surface area contributed by atoms with Crippen molar-refractivity contribution in [2.24, 2.45) is 5.92 Å². The zero-order chi connectivity index (χ0) is 14.0. The molecule has 1 aliphatic carbocycles. The summed E-state index contributed by atoms with van der Waals surface area (Å²) in [6.07, 6.45) is 6.00. The third kappa shape index (κ3) is 1.51. The van der Waals surface area contributed by atoms with Crippen molar-refractivity contribution in [2.75, 3.05) is 0 Å². The molecule has 2 aromatic heterocycles. The predicted molar refractivity (Wildman–Crippen MR) is 93.1 cm³/mol. The Labute approximate surface area is 126 Å². The van der Waals surface area contributed by atoms with Gasteiger partial charge in [-0.25, -0.2) is 0 Å². The van der Waals surface area contributed by atoms with Crippen LogP contribution < -0.4 is 9.75 Å². The minimum absolute atomic E-state index is 0.647. The van der Waals surface area contributed by atoms with Crippen LogP contribution in [0.5, 0.6) is 0 Å². The Hall–Kier alpha value is -2.06. The normalized spacial score (nSPS) is 17.9. The molecule has 2 heteroatoms. The highest BCUT2D eigenvalue weighted by Crippen LogP contribution is 2.31. The van der Waals surface area contributed by atoms with Crippen molar-refractivity contribution in [3.63, 3.8) is 0 Å². The van der Waals surface area contributed by atoms with Crippen molar-refractivity contribution in [1.82, 2.24) is 4.98 Å². The average Bonchev–Trinajstić information content (AvgIpc) is 3.05. The van der Waals surface area contributed by atoms with Crippen LogP contribution in [0.1, 0.15) is 13.3 Å². The van der Waals surface area contributed by atoms with E-state index in [0.717, 1.165) is 6.42 Å². The van der Waals surface area contributed by atoms with Crippen LogP contribution in [-0.4, -0.2) is 4.98 Å². The van der Waals surface area contributed by atoms with E-state index in [1.807, 2.05) is 11.3 Å². The van der Waals surface area contributed by atoms with E-state index in [4.69, 9.17) is 0 Å². The first kappa shape index (κ1) is 11.6. The molecule has 1 unspecified atom stereocenters. The van der Waals surface area contributed by atoms with Crippen molar-refractivity contribution in [3.8, 4) is 0 Å². The summed E-state index contributed by atoms with van der Waals surface area (Å²) in [6, 6.07) is 13.1. The van der Waals surface area contributed by atoms with Crippen LogP contribution in [0, 0.1) is 5.92 Å². The number of hydrogen-bond acceptors (Lipinski definition) is 1. The maximum Gasteiger partial charge on any atom is 0.0646 e. The molecule has 21 heavy (non-hydrogen) atoms. The van der Waals surface area contributed by atoms with Crippen LogP contribution >= 0.6 is 11.3 Å². The fourth-order valence-electron chi connectivity index (χ4n) is 3.48. The fourth-order valence-corrected chi connectivity index (χ4v) is 4.72. The molecule has 4 aromatic rings. The number of thiophene rings is 1. The maximum absolute atomic E-state index is 3.62. The minimum atomic E-state index is 0.647. The van der Waals surface area contributed by atoms with Gasteiger partial charge in [0, 0.05) is 26.2 Å². The summed E-state index contributed by atoms with van der Waals surface area (Å²) in [5, 5.41) is 5.50. The number of H-pyrrole nitrogens is 1. The molecule has 0 spiro atoms. The van der Waals surface area contributed by atoms with Gasteiger partial charge in [-0.05, 0) is 23.6 Å². The van der Waals surface area contributed by atoms with Crippen LogP contribution in [0.25, 0.3) is 44.0 Å². The molecule has 102 valence electrons. The lowest BCUT2D eigenvalue weighted by Crippen LogP contribution is -2.23. The predicted octanol–water partition coefficient (Wildman–Crippen LogP) is 4.14. The van der Waals surface area contributed by atoms with E-state index < -0.39 is 0 Å². The summed E-state index contributed by atoms with van der Waals surface area (Å²) in [6.45, 7) is 2.30. The third-order valence-electron chi connectivity index (χ3n) is 4.53. The molecule has 2 heterocycles. The lowest BCUT2D eigenvalue weighted by molar-refractivity contribution is 0.803. The Bertz CT molecular complexity index is 1130. The second-order valence-electron chi connectivity index (χ2n) is 6.00. The van der Waals surface area contributed by atoms with Gasteiger partial charge >= 0.3 is 0 Å². The lowest BCUT2D eigenvalue weighted by Gasteiger charge is -2.04. The molecule has 0 radical (unpaired) electrons. The van der Waals surface area contributed by atoms with Gasteiger partial charge in [-0.2, -0.15) is 0 Å². The molecule has 1 atom stereocenters. The van der Waals surface area contributed by atoms with Gasteiger partial charge in [0.2, 0.25) is 0 Å². The summed E-state index contributed by atoms with van der Waals surface area (Å²) in [4.78, 5) is 3.62. The second-order valence-corrected chi connectivity index (χ2v) is 7.05. The molecular weight excluding hydrogens is 274 g/mol. The summed E-state index contributed by atoms with van der Waals surface area (Å²) in [5.74, 6) is 0.647. The molecule has 2 aromatic carbocycles. The van der Waals surface area contributed by atoms with Crippen molar-refractivity contribution < 1.29 is 0 Å². The Kier molecular flexibility index (Phi) is 2.20. The van der Waals surface area contributed by atoms with Crippen LogP contribution in [-0.2, 0) is 0 Å². The summed E-state index contributed by atoms with van der Waals surface area (Å²) in [5.41, 5.74) is 2.52. The summed E-state index contributed by atoms with van der Waals surface area (Å²) in [7, 11) is 0. The van der Waals surface area contributed by atoms with E-state index in [1.54, 1.807) is 0 Å². The van der Waals surface area contributed by atoms with Gasteiger partial charge in [-0.1, -0.05) is 49.4 Å². The molecule has 5 rings (SSSR count). The molecule has 0 amide bonds. The highest BCUT2D eigenvalue weighted by molar-refractivity contribution is 7.18. The van der Waals surface area contributed by atoms with E-state index in [1.165, 1.54) is 41.6 Å². The van der Waals surface area contributed by atoms with Crippen LogP contribution in [0.2, 0.25) is 0 Å². The third-order valence-corrected chi connectivity index (χ3v) is 5.76. The summed E-state index contributed by atoms with van der Waals surface area (Å²) < 4.78 is 2.84. The van der Waals surface area contributed by atoms with Gasteiger partial charge in [0.05, 0.1) is 10.2 Å². The van der Waals surface area contributed by atoms with Crippen molar-refractivity contribution in [1.29, 1.82) is 0 Å². The molecule has 1 nitrogen and oxygen atoms in total. The molecule has 1 aliphatic rings. The van der Waals surface area contributed by atoms with Gasteiger partial charge in [0.15, 0.2) is 0 Å². The number of aromatic amines is 1. The van der Waals surface area contributed by atoms with E-state index in [2.05, 4.69) is 60.5 Å². The van der Waals surface area contributed by atoms with E-state index in [-0.39, 0.29) is 0 Å². The Balaban J connectivity index is 2.05. The number of fused-ring (bicyclic) bond motifs is 7. The lowest BCUT2D eigenvalue weighted by atomic mass is 10.0. The highest BCUT2D eigenvalue weighted by atomic mass is 32.1. The maximum atomic E-state index is 3.62.